The zero-order chi connectivity index (χ0) is 14.1. The molecule has 2 aromatic rings. The number of methoxy groups -OCH3 is 1. The van der Waals surface area contributed by atoms with E-state index >= 15 is 0 Å². The molecule has 1 aliphatic rings. The number of benzene rings is 2. The third-order valence-corrected chi connectivity index (χ3v) is 4.76. The monoisotopic (exact) mass is 286 g/mol. The zero-order valence-electron chi connectivity index (χ0n) is 11.9. The molecule has 0 spiro atoms. The second-order valence-corrected chi connectivity index (χ2v) is 6.05. The van der Waals surface area contributed by atoms with Gasteiger partial charge in [-0.3, -0.25) is 0 Å². The normalized spacial score (nSPS) is 20.8. The molecule has 0 amide bonds. The summed E-state index contributed by atoms with van der Waals surface area (Å²) in [6, 6.07) is 14.9. The Labute approximate surface area is 125 Å². The van der Waals surface area contributed by atoms with Crippen molar-refractivity contribution in [3.63, 3.8) is 0 Å². The molecule has 3 rings (SSSR count). The van der Waals surface area contributed by atoms with Crippen LogP contribution in [0, 0.1) is 12.8 Å². The first-order valence-corrected chi connectivity index (χ1v) is 7.48. The molecule has 0 saturated carbocycles. The number of halogens is 1. The molecule has 2 heteroatoms. The fraction of sp³-hybridized carbons (Fsp3) is 0.333. The van der Waals surface area contributed by atoms with Crippen LogP contribution in [0.25, 0.3) is 0 Å². The minimum Gasteiger partial charge on any atom is -0.496 e. The summed E-state index contributed by atoms with van der Waals surface area (Å²) in [5.41, 5.74) is 5.22. The van der Waals surface area contributed by atoms with Gasteiger partial charge in [-0.1, -0.05) is 42.0 Å². The van der Waals surface area contributed by atoms with Gasteiger partial charge in [0.2, 0.25) is 0 Å². The van der Waals surface area contributed by atoms with Crippen molar-refractivity contribution >= 4 is 11.6 Å². The van der Waals surface area contributed by atoms with E-state index < -0.39 is 0 Å². The molecule has 0 bridgehead atoms. The van der Waals surface area contributed by atoms with Crippen molar-refractivity contribution in [2.75, 3.05) is 7.11 Å². The van der Waals surface area contributed by atoms with Crippen molar-refractivity contribution < 1.29 is 4.74 Å². The minimum absolute atomic E-state index is 0.108. The van der Waals surface area contributed by atoms with Crippen molar-refractivity contribution in [2.45, 2.75) is 25.1 Å². The lowest BCUT2D eigenvalue weighted by molar-refractivity contribution is 0.404. The maximum Gasteiger partial charge on any atom is 0.122 e. The smallest absolute Gasteiger partial charge is 0.122 e. The third-order valence-electron chi connectivity index (χ3n) is 4.17. The van der Waals surface area contributed by atoms with Crippen LogP contribution < -0.4 is 4.74 Å². The van der Waals surface area contributed by atoms with E-state index in [9.17, 15) is 0 Å². The Morgan fingerprint density at radius 1 is 1.20 bits per heavy atom. The second-order valence-electron chi connectivity index (χ2n) is 5.58. The second kappa shape index (κ2) is 5.49. The number of aryl methyl sites for hydroxylation is 1. The van der Waals surface area contributed by atoms with Gasteiger partial charge in [-0.05, 0) is 48.4 Å². The number of hydrogen-bond acceptors (Lipinski definition) is 1. The molecule has 0 heterocycles. The molecule has 2 aromatic carbocycles. The van der Waals surface area contributed by atoms with E-state index in [1.165, 1.54) is 22.3 Å². The van der Waals surface area contributed by atoms with Crippen LogP contribution in [-0.4, -0.2) is 7.11 Å². The highest BCUT2D eigenvalue weighted by Crippen LogP contribution is 2.43. The number of fused-ring (bicyclic) bond motifs is 1. The van der Waals surface area contributed by atoms with Gasteiger partial charge in [0, 0.05) is 0 Å². The summed E-state index contributed by atoms with van der Waals surface area (Å²) in [5, 5.41) is 0.108. The first-order valence-electron chi connectivity index (χ1n) is 7.04. The average Bonchev–Trinajstić information content (AvgIpc) is 2.76. The topological polar surface area (TPSA) is 9.23 Å². The maximum absolute atomic E-state index is 6.65. The van der Waals surface area contributed by atoms with Gasteiger partial charge in [-0.25, -0.2) is 0 Å². The zero-order valence-corrected chi connectivity index (χ0v) is 12.7. The average molecular weight is 287 g/mol. The van der Waals surface area contributed by atoms with E-state index in [0.29, 0.717) is 5.92 Å². The molecule has 0 aliphatic heterocycles. The molecule has 2 atom stereocenters. The SMILES string of the molecule is COc1ccc(C)cc1CC1Cc2ccccc2C1Cl. The van der Waals surface area contributed by atoms with Gasteiger partial charge in [-0.15, -0.1) is 11.6 Å². The van der Waals surface area contributed by atoms with Crippen LogP contribution in [0.15, 0.2) is 42.5 Å². The number of alkyl halides is 1. The number of ether oxygens (including phenoxy) is 1. The van der Waals surface area contributed by atoms with E-state index in [0.717, 1.165) is 18.6 Å². The molecule has 2 unspecified atom stereocenters. The van der Waals surface area contributed by atoms with Gasteiger partial charge in [0.05, 0.1) is 12.5 Å². The van der Waals surface area contributed by atoms with Gasteiger partial charge in [0.25, 0.3) is 0 Å². The lowest BCUT2D eigenvalue weighted by Gasteiger charge is -2.17. The van der Waals surface area contributed by atoms with Gasteiger partial charge >= 0.3 is 0 Å². The Balaban J connectivity index is 1.85. The molecule has 0 aromatic heterocycles. The Hall–Kier alpha value is -1.47. The van der Waals surface area contributed by atoms with E-state index in [-0.39, 0.29) is 5.38 Å². The highest BCUT2D eigenvalue weighted by atomic mass is 35.5. The Bertz CT molecular complexity index is 621. The Morgan fingerprint density at radius 3 is 2.75 bits per heavy atom. The largest absolute Gasteiger partial charge is 0.496 e. The van der Waals surface area contributed by atoms with Crippen LogP contribution in [0.4, 0.5) is 0 Å². The van der Waals surface area contributed by atoms with Crippen LogP contribution >= 0.6 is 11.6 Å². The van der Waals surface area contributed by atoms with E-state index in [1.54, 1.807) is 7.11 Å². The van der Waals surface area contributed by atoms with Crippen LogP contribution in [0.1, 0.15) is 27.6 Å². The van der Waals surface area contributed by atoms with Crippen molar-refractivity contribution in [3.05, 3.63) is 64.7 Å². The standard InChI is InChI=1S/C18H19ClO/c1-12-7-8-17(20-2)14(9-12)11-15-10-13-5-3-4-6-16(13)18(15)19/h3-9,15,18H,10-11H2,1-2H3. The molecule has 0 fully saturated rings. The third kappa shape index (κ3) is 2.43. The summed E-state index contributed by atoms with van der Waals surface area (Å²) < 4.78 is 5.48. The maximum atomic E-state index is 6.65. The summed E-state index contributed by atoms with van der Waals surface area (Å²) in [6.45, 7) is 2.12. The van der Waals surface area contributed by atoms with Crippen molar-refractivity contribution in [1.29, 1.82) is 0 Å². The van der Waals surface area contributed by atoms with Crippen molar-refractivity contribution in [1.82, 2.24) is 0 Å². The van der Waals surface area contributed by atoms with Crippen molar-refractivity contribution in [2.24, 2.45) is 5.92 Å². The van der Waals surface area contributed by atoms with E-state index in [4.69, 9.17) is 16.3 Å². The van der Waals surface area contributed by atoms with Crippen LogP contribution in [0.2, 0.25) is 0 Å². The Morgan fingerprint density at radius 2 is 2.00 bits per heavy atom. The molecule has 20 heavy (non-hydrogen) atoms. The molecular weight excluding hydrogens is 268 g/mol. The highest BCUT2D eigenvalue weighted by molar-refractivity contribution is 6.21. The highest BCUT2D eigenvalue weighted by Gasteiger charge is 2.31. The van der Waals surface area contributed by atoms with E-state index in [1.807, 2.05) is 0 Å². The fourth-order valence-electron chi connectivity index (χ4n) is 3.15. The van der Waals surface area contributed by atoms with Crippen molar-refractivity contribution in [3.8, 4) is 5.75 Å². The lowest BCUT2D eigenvalue weighted by atomic mass is 9.94. The number of hydrogen-bond donors (Lipinski definition) is 0. The van der Waals surface area contributed by atoms with Gasteiger partial charge < -0.3 is 4.74 Å². The van der Waals surface area contributed by atoms with Gasteiger partial charge in [-0.2, -0.15) is 0 Å². The summed E-state index contributed by atoms with van der Waals surface area (Å²) in [4.78, 5) is 0. The molecule has 0 N–H and O–H groups in total. The summed E-state index contributed by atoms with van der Waals surface area (Å²) >= 11 is 6.65. The van der Waals surface area contributed by atoms with Crippen LogP contribution in [0.5, 0.6) is 5.75 Å². The lowest BCUT2D eigenvalue weighted by Crippen LogP contribution is -2.08. The molecule has 0 saturated heterocycles. The quantitative estimate of drug-likeness (QED) is 0.743. The van der Waals surface area contributed by atoms with Crippen LogP contribution in [0.3, 0.4) is 0 Å². The fourth-order valence-corrected chi connectivity index (χ4v) is 3.55. The number of rotatable bonds is 3. The van der Waals surface area contributed by atoms with Crippen LogP contribution in [-0.2, 0) is 12.8 Å². The Kier molecular flexibility index (Phi) is 3.71. The first-order chi connectivity index (χ1) is 9.69. The summed E-state index contributed by atoms with van der Waals surface area (Å²) in [5.74, 6) is 1.42. The van der Waals surface area contributed by atoms with E-state index in [2.05, 4.69) is 49.4 Å². The molecule has 1 nitrogen and oxygen atoms in total. The molecule has 0 radical (unpaired) electrons. The first kappa shape index (κ1) is 13.5. The predicted molar refractivity (Wildman–Crippen MR) is 83.7 cm³/mol. The van der Waals surface area contributed by atoms with Gasteiger partial charge in [0.1, 0.15) is 5.75 Å². The van der Waals surface area contributed by atoms with Gasteiger partial charge in [0.15, 0.2) is 0 Å². The molecule has 104 valence electrons. The summed E-state index contributed by atoms with van der Waals surface area (Å²) in [6.07, 6.45) is 2.02. The molecular formula is C18H19ClO. The minimum atomic E-state index is 0.108. The summed E-state index contributed by atoms with van der Waals surface area (Å²) in [7, 11) is 1.73. The predicted octanol–water partition coefficient (Wildman–Crippen LogP) is 4.70. The molecule has 1 aliphatic carbocycles.